The van der Waals surface area contributed by atoms with Gasteiger partial charge in [0.2, 0.25) is 0 Å². The zero-order chi connectivity index (χ0) is 23.6. The topological polar surface area (TPSA) is 89.0 Å². The Bertz CT molecular complexity index is 1130. The Morgan fingerprint density at radius 3 is 2.45 bits per heavy atom. The quantitative estimate of drug-likeness (QED) is 0.316. The highest BCUT2D eigenvalue weighted by molar-refractivity contribution is 9.10. The van der Waals surface area contributed by atoms with Crippen LogP contribution in [0.4, 0.5) is 5.69 Å². The molecular weight excluding hydrogens is 486 g/mol. The number of benzene rings is 3. The van der Waals surface area contributed by atoms with Crippen LogP contribution in [0.1, 0.15) is 28.4 Å². The van der Waals surface area contributed by atoms with Crippen LogP contribution in [0.25, 0.3) is 0 Å². The summed E-state index contributed by atoms with van der Waals surface area (Å²) >= 11 is 3.46. The smallest absolute Gasteiger partial charge is 0.271 e. The predicted molar refractivity (Wildman–Crippen MR) is 132 cm³/mol. The minimum atomic E-state index is -0.310. The van der Waals surface area contributed by atoms with Gasteiger partial charge in [0, 0.05) is 11.3 Å². The SMILES string of the molecule is CCOc1cc(/C=N/NC(=O)c2ccccc2)cc(Br)c1OCC(=O)Nc1ccc(C)cc1. The van der Waals surface area contributed by atoms with Gasteiger partial charge in [0.15, 0.2) is 18.1 Å². The van der Waals surface area contributed by atoms with Crippen molar-refractivity contribution in [2.24, 2.45) is 5.10 Å². The third-order valence-corrected chi connectivity index (χ3v) is 5.02. The van der Waals surface area contributed by atoms with Crippen LogP contribution in [-0.2, 0) is 4.79 Å². The Morgan fingerprint density at radius 1 is 1.03 bits per heavy atom. The van der Waals surface area contributed by atoms with Gasteiger partial charge in [-0.3, -0.25) is 9.59 Å². The van der Waals surface area contributed by atoms with Crippen molar-refractivity contribution in [2.75, 3.05) is 18.5 Å². The number of halogens is 1. The van der Waals surface area contributed by atoms with Gasteiger partial charge in [0.1, 0.15) is 0 Å². The van der Waals surface area contributed by atoms with E-state index >= 15 is 0 Å². The molecule has 3 aromatic carbocycles. The van der Waals surface area contributed by atoms with Crippen LogP contribution in [0.5, 0.6) is 11.5 Å². The summed E-state index contributed by atoms with van der Waals surface area (Å²) in [7, 11) is 0. The second-order valence-electron chi connectivity index (χ2n) is 7.03. The van der Waals surface area contributed by atoms with E-state index in [2.05, 4.69) is 31.8 Å². The highest BCUT2D eigenvalue weighted by atomic mass is 79.9. The highest BCUT2D eigenvalue weighted by Crippen LogP contribution is 2.36. The van der Waals surface area contributed by atoms with Gasteiger partial charge in [-0.15, -0.1) is 0 Å². The number of amides is 2. The molecule has 0 spiro atoms. The average molecular weight is 510 g/mol. The molecule has 0 radical (unpaired) electrons. The molecule has 0 atom stereocenters. The number of anilines is 1. The summed E-state index contributed by atoms with van der Waals surface area (Å²) in [5.74, 6) is 0.255. The molecule has 8 heteroatoms. The van der Waals surface area contributed by atoms with Gasteiger partial charge in [0.05, 0.1) is 17.3 Å². The Hall–Kier alpha value is -3.65. The lowest BCUT2D eigenvalue weighted by molar-refractivity contribution is -0.118. The molecule has 170 valence electrons. The molecule has 0 bridgehead atoms. The first-order chi connectivity index (χ1) is 16.0. The summed E-state index contributed by atoms with van der Waals surface area (Å²) in [6.45, 7) is 4.05. The zero-order valence-corrected chi connectivity index (χ0v) is 19.9. The maximum atomic E-state index is 12.3. The number of rotatable bonds is 9. The van der Waals surface area contributed by atoms with Crippen molar-refractivity contribution in [3.63, 3.8) is 0 Å². The summed E-state index contributed by atoms with van der Waals surface area (Å²) < 4.78 is 12.0. The Labute approximate surface area is 200 Å². The Morgan fingerprint density at radius 2 is 1.76 bits per heavy atom. The molecule has 0 saturated carbocycles. The molecule has 0 aliphatic carbocycles. The number of nitrogens with zero attached hydrogens (tertiary/aromatic N) is 1. The molecule has 3 aromatic rings. The van der Waals surface area contributed by atoms with Crippen LogP contribution >= 0.6 is 15.9 Å². The van der Waals surface area contributed by atoms with Gasteiger partial charge in [0.25, 0.3) is 11.8 Å². The summed E-state index contributed by atoms with van der Waals surface area (Å²) in [5, 5.41) is 6.80. The van der Waals surface area contributed by atoms with Crippen molar-refractivity contribution in [3.8, 4) is 11.5 Å². The number of hydrogen-bond acceptors (Lipinski definition) is 5. The van der Waals surface area contributed by atoms with Gasteiger partial charge in [-0.2, -0.15) is 5.10 Å². The molecule has 0 aliphatic heterocycles. The van der Waals surface area contributed by atoms with E-state index in [1.165, 1.54) is 6.21 Å². The van der Waals surface area contributed by atoms with Crippen LogP contribution in [0.15, 0.2) is 76.3 Å². The minimum absolute atomic E-state index is 0.187. The number of ether oxygens (including phenoxy) is 2. The lowest BCUT2D eigenvalue weighted by Crippen LogP contribution is -2.20. The predicted octanol–water partition coefficient (Wildman–Crippen LogP) is 4.94. The highest BCUT2D eigenvalue weighted by Gasteiger charge is 2.14. The van der Waals surface area contributed by atoms with Crippen LogP contribution in [-0.4, -0.2) is 31.2 Å². The Kier molecular flexibility index (Phi) is 8.60. The van der Waals surface area contributed by atoms with Gasteiger partial charge in [-0.25, -0.2) is 5.43 Å². The van der Waals surface area contributed by atoms with E-state index in [1.807, 2.05) is 44.2 Å². The number of aryl methyl sites for hydroxylation is 1. The van der Waals surface area contributed by atoms with Gasteiger partial charge in [-0.05, 0) is 71.7 Å². The number of carbonyl (C=O) groups is 2. The van der Waals surface area contributed by atoms with Crippen LogP contribution in [0.2, 0.25) is 0 Å². The number of carbonyl (C=O) groups excluding carboxylic acids is 2. The molecule has 2 N–H and O–H groups in total. The van der Waals surface area contributed by atoms with Crippen LogP contribution in [0.3, 0.4) is 0 Å². The summed E-state index contributed by atoms with van der Waals surface area (Å²) in [6.07, 6.45) is 1.50. The maximum absolute atomic E-state index is 12.3. The van der Waals surface area contributed by atoms with E-state index in [-0.39, 0.29) is 18.4 Å². The molecule has 7 nitrogen and oxygen atoms in total. The molecule has 0 aliphatic rings. The van der Waals surface area contributed by atoms with E-state index in [0.717, 1.165) is 5.56 Å². The molecular formula is C25H24BrN3O4. The van der Waals surface area contributed by atoms with Gasteiger partial charge >= 0.3 is 0 Å². The minimum Gasteiger partial charge on any atom is -0.490 e. The van der Waals surface area contributed by atoms with Crippen molar-refractivity contribution < 1.29 is 19.1 Å². The second kappa shape index (κ2) is 11.8. The van der Waals surface area contributed by atoms with Crippen LogP contribution < -0.4 is 20.2 Å². The lowest BCUT2D eigenvalue weighted by atomic mass is 10.2. The van der Waals surface area contributed by atoms with E-state index < -0.39 is 0 Å². The fourth-order valence-corrected chi connectivity index (χ4v) is 3.43. The largest absolute Gasteiger partial charge is 0.490 e. The third-order valence-electron chi connectivity index (χ3n) is 4.43. The molecule has 0 heterocycles. The second-order valence-corrected chi connectivity index (χ2v) is 7.89. The van der Waals surface area contributed by atoms with E-state index in [4.69, 9.17) is 9.47 Å². The number of hydrazone groups is 1. The maximum Gasteiger partial charge on any atom is 0.271 e. The summed E-state index contributed by atoms with van der Waals surface area (Å²) in [4.78, 5) is 24.4. The first kappa shape index (κ1) is 24.0. The fraction of sp³-hybridized carbons (Fsp3) is 0.160. The zero-order valence-electron chi connectivity index (χ0n) is 18.3. The Balaban J connectivity index is 1.65. The van der Waals surface area contributed by atoms with Gasteiger partial charge in [-0.1, -0.05) is 35.9 Å². The normalized spacial score (nSPS) is 10.6. The molecule has 0 unspecified atom stereocenters. The van der Waals surface area contributed by atoms with Crippen molar-refractivity contribution in [3.05, 3.63) is 87.9 Å². The van der Waals surface area contributed by atoms with Crippen molar-refractivity contribution >= 4 is 39.6 Å². The average Bonchev–Trinajstić information content (AvgIpc) is 2.81. The summed E-state index contributed by atoms with van der Waals surface area (Å²) in [6, 6.07) is 19.8. The van der Waals surface area contributed by atoms with E-state index in [0.29, 0.717) is 39.4 Å². The summed E-state index contributed by atoms with van der Waals surface area (Å²) in [5.41, 5.74) is 5.48. The molecule has 0 saturated heterocycles. The van der Waals surface area contributed by atoms with Crippen molar-refractivity contribution in [2.45, 2.75) is 13.8 Å². The monoisotopic (exact) mass is 509 g/mol. The molecule has 3 rings (SSSR count). The van der Waals surface area contributed by atoms with E-state index in [9.17, 15) is 9.59 Å². The first-order valence-electron chi connectivity index (χ1n) is 10.3. The van der Waals surface area contributed by atoms with Crippen molar-refractivity contribution in [1.29, 1.82) is 0 Å². The molecule has 2 amide bonds. The van der Waals surface area contributed by atoms with Crippen molar-refractivity contribution in [1.82, 2.24) is 5.43 Å². The first-order valence-corrected chi connectivity index (χ1v) is 11.1. The van der Waals surface area contributed by atoms with Gasteiger partial charge < -0.3 is 14.8 Å². The third kappa shape index (κ3) is 7.18. The molecule has 0 aromatic heterocycles. The van der Waals surface area contributed by atoms with Crippen LogP contribution in [0, 0.1) is 6.92 Å². The molecule has 0 fully saturated rings. The number of nitrogens with one attached hydrogen (secondary N) is 2. The lowest BCUT2D eigenvalue weighted by Gasteiger charge is -2.14. The van der Waals surface area contributed by atoms with E-state index in [1.54, 1.807) is 36.4 Å². The standard InChI is InChI=1S/C25H24BrN3O4/c1-3-32-22-14-18(15-27-29-25(31)19-7-5-4-6-8-19)13-21(26)24(22)33-16-23(30)28-20-11-9-17(2)10-12-20/h4-15H,3,16H2,1-2H3,(H,28,30)(H,29,31)/b27-15+. The molecule has 33 heavy (non-hydrogen) atoms. The number of hydrogen-bond donors (Lipinski definition) is 2. The fourth-order valence-electron chi connectivity index (χ4n) is 2.86.